The van der Waals surface area contributed by atoms with E-state index in [2.05, 4.69) is 15.4 Å². The van der Waals surface area contributed by atoms with Crippen molar-refractivity contribution in [2.45, 2.75) is 39.2 Å². The molecule has 106 valence electrons. The van der Waals surface area contributed by atoms with Gasteiger partial charge in [0, 0.05) is 19.5 Å². The van der Waals surface area contributed by atoms with E-state index in [4.69, 9.17) is 4.74 Å². The Bertz CT molecular complexity index is 261. The van der Waals surface area contributed by atoms with E-state index in [-0.39, 0.29) is 5.97 Å². The first-order chi connectivity index (χ1) is 8.35. The van der Waals surface area contributed by atoms with E-state index >= 15 is 0 Å². The van der Waals surface area contributed by atoms with Crippen molar-refractivity contribution in [3.63, 3.8) is 0 Å². The van der Waals surface area contributed by atoms with E-state index in [1.54, 1.807) is 0 Å². The third-order valence-electron chi connectivity index (χ3n) is 1.93. The maximum Gasteiger partial charge on any atom is 0.407 e. The lowest BCUT2D eigenvalue weighted by molar-refractivity contribution is -0.140. The van der Waals surface area contributed by atoms with Crippen LogP contribution in [0.25, 0.3) is 0 Å². The maximum atomic E-state index is 11.3. The lowest BCUT2D eigenvalue weighted by atomic mass is 10.2. The summed E-state index contributed by atoms with van der Waals surface area (Å²) in [5.41, 5.74) is -0.474. The van der Waals surface area contributed by atoms with Crippen LogP contribution in [0.5, 0.6) is 0 Å². The molecule has 0 aliphatic heterocycles. The van der Waals surface area contributed by atoms with Gasteiger partial charge in [-0.2, -0.15) is 0 Å². The Morgan fingerprint density at radius 3 is 2.33 bits per heavy atom. The van der Waals surface area contributed by atoms with E-state index in [1.165, 1.54) is 7.11 Å². The molecule has 18 heavy (non-hydrogen) atoms. The fourth-order valence-corrected chi connectivity index (χ4v) is 1.15. The van der Waals surface area contributed by atoms with Gasteiger partial charge in [0.1, 0.15) is 5.60 Å². The van der Waals surface area contributed by atoms with Crippen molar-refractivity contribution >= 4 is 12.1 Å². The molecule has 0 aromatic carbocycles. The average Bonchev–Trinajstić information content (AvgIpc) is 2.25. The van der Waals surface area contributed by atoms with Crippen LogP contribution in [0.3, 0.4) is 0 Å². The summed E-state index contributed by atoms with van der Waals surface area (Å²) < 4.78 is 9.59. The summed E-state index contributed by atoms with van der Waals surface area (Å²) in [5.74, 6) is -0.205. The van der Waals surface area contributed by atoms with E-state index in [0.29, 0.717) is 26.1 Å². The minimum Gasteiger partial charge on any atom is -0.469 e. The highest BCUT2D eigenvalue weighted by atomic mass is 16.6. The summed E-state index contributed by atoms with van der Waals surface area (Å²) in [4.78, 5) is 22.1. The second-order valence-electron chi connectivity index (χ2n) is 4.86. The molecule has 0 fully saturated rings. The normalized spacial score (nSPS) is 10.9. The first-order valence-electron chi connectivity index (χ1n) is 6.09. The number of amides is 1. The van der Waals surface area contributed by atoms with Crippen LogP contribution in [0, 0.1) is 0 Å². The van der Waals surface area contributed by atoms with Crippen molar-refractivity contribution in [2.75, 3.05) is 26.7 Å². The molecule has 0 aliphatic rings. The van der Waals surface area contributed by atoms with Crippen LogP contribution in [0.15, 0.2) is 0 Å². The molecule has 0 saturated carbocycles. The lowest BCUT2D eigenvalue weighted by Gasteiger charge is -2.19. The van der Waals surface area contributed by atoms with E-state index in [1.807, 2.05) is 20.8 Å². The molecule has 0 radical (unpaired) electrons. The first-order valence-corrected chi connectivity index (χ1v) is 6.09. The van der Waals surface area contributed by atoms with Crippen LogP contribution in [-0.4, -0.2) is 44.4 Å². The van der Waals surface area contributed by atoms with E-state index in [9.17, 15) is 9.59 Å². The Morgan fingerprint density at radius 2 is 1.78 bits per heavy atom. The lowest BCUT2D eigenvalue weighted by Crippen LogP contribution is -2.36. The van der Waals surface area contributed by atoms with Gasteiger partial charge in [-0.25, -0.2) is 4.79 Å². The molecule has 0 spiro atoms. The fourth-order valence-electron chi connectivity index (χ4n) is 1.15. The number of ether oxygens (including phenoxy) is 2. The number of carbonyl (C=O) groups is 2. The minimum absolute atomic E-state index is 0.205. The second kappa shape index (κ2) is 8.74. The van der Waals surface area contributed by atoms with Crippen LogP contribution in [0.1, 0.15) is 33.6 Å². The number of methoxy groups -OCH3 is 1. The molecule has 0 heterocycles. The standard InChI is InChI=1S/C12H24N2O4/c1-12(2,3)18-11(16)14-9-8-13-7-5-6-10(15)17-4/h13H,5-9H2,1-4H3,(H,14,16). The number of carbonyl (C=O) groups excluding carboxylic acids is 2. The molecule has 0 rings (SSSR count). The van der Waals surface area contributed by atoms with Gasteiger partial charge in [0.15, 0.2) is 0 Å². The summed E-state index contributed by atoms with van der Waals surface area (Å²) in [6, 6.07) is 0. The van der Waals surface area contributed by atoms with Crippen LogP contribution in [-0.2, 0) is 14.3 Å². The maximum absolute atomic E-state index is 11.3. The molecular formula is C12H24N2O4. The van der Waals surface area contributed by atoms with E-state index < -0.39 is 11.7 Å². The van der Waals surface area contributed by atoms with Gasteiger partial charge >= 0.3 is 12.1 Å². The third kappa shape index (κ3) is 11.2. The summed E-state index contributed by atoms with van der Waals surface area (Å²) in [7, 11) is 1.38. The van der Waals surface area contributed by atoms with Gasteiger partial charge in [0.05, 0.1) is 7.11 Å². The van der Waals surface area contributed by atoms with Gasteiger partial charge in [-0.05, 0) is 33.7 Å². The Balaban J connectivity index is 3.35. The van der Waals surface area contributed by atoms with Gasteiger partial charge in [-0.3, -0.25) is 4.79 Å². The van der Waals surface area contributed by atoms with Crippen molar-refractivity contribution in [3.8, 4) is 0 Å². The smallest absolute Gasteiger partial charge is 0.407 e. The van der Waals surface area contributed by atoms with E-state index in [0.717, 1.165) is 6.42 Å². The quantitative estimate of drug-likeness (QED) is 0.528. The Hall–Kier alpha value is -1.30. The molecule has 0 bridgehead atoms. The number of nitrogens with one attached hydrogen (secondary N) is 2. The zero-order valence-corrected chi connectivity index (χ0v) is 11.7. The zero-order valence-electron chi connectivity index (χ0n) is 11.7. The summed E-state index contributed by atoms with van der Waals surface area (Å²) >= 11 is 0. The summed E-state index contributed by atoms with van der Waals surface area (Å²) in [6.45, 7) is 7.30. The molecule has 0 aliphatic carbocycles. The molecule has 0 aromatic heterocycles. The number of hydrogen-bond acceptors (Lipinski definition) is 5. The fraction of sp³-hybridized carbons (Fsp3) is 0.833. The molecule has 0 aromatic rings. The predicted molar refractivity (Wildman–Crippen MR) is 68.4 cm³/mol. The van der Waals surface area contributed by atoms with Crippen LogP contribution < -0.4 is 10.6 Å². The van der Waals surface area contributed by atoms with Crippen molar-refractivity contribution in [1.82, 2.24) is 10.6 Å². The third-order valence-corrected chi connectivity index (χ3v) is 1.93. The molecule has 2 N–H and O–H groups in total. The minimum atomic E-state index is -0.474. The largest absolute Gasteiger partial charge is 0.469 e. The monoisotopic (exact) mass is 260 g/mol. The van der Waals surface area contributed by atoms with Crippen LogP contribution in [0.4, 0.5) is 4.79 Å². The SMILES string of the molecule is COC(=O)CCCNCCNC(=O)OC(C)(C)C. The Morgan fingerprint density at radius 1 is 1.11 bits per heavy atom. The zero-order chi connectivity index (χ0) is 14.0. The van der Waals surface area contributed by atoms with Gasteiger partial charge in [0.2, 0.25) is 0 Å². The molecule has 1 amide bonds. The molecule has 6 nitrogen and oxygen atoms in total. The van der Waals surface area contributed by atoms with Crippen molar-refractivity contribution in [1.29, 1.82) is 0 Å². The molecular weight excluding hydrogens is 236 g/mol. The summed E-state index contributed by atoms with van der Waals surface area (Å²) in [5, 5.41) is 5.74. The Labute approximate surface area is 108 Å². The predicted octanol–water partition coefficient (Wildman–Crippen LogP) is 1.05. The number of alkyl carbamates (subject to hydrolysis) is 1. The first kappa shape index (κ1) is 16.7. The van der Waals surface area contributed by atoms with Crippen LogP contribution in [0.2, 0.25) is 0 Å². The van der Waals surface area contributed by atoms with Gasteiger partial charge < -0.3 is 20.1 Å². The molecule has 0 unspecified atom stereocenters. The topological polar surface area (TPSA) is 76.7 Å². The van der Waals surface area contributed by atoms with Gasteiger partial charge in [-0.1, -0.05) is 0 Å². The van der Waals surface area contributed by atoms with Gasteiger partial charge in [0.25, 0.3) is 0 Å². The summed E-state index contributed by atoms with van der Waals surface area (Å²) in [6.07, 6.45) is 0.709. The highest BCUT2D eigenvalue weighted by Crippen LogP contribution is 2.05. The Kier molecular flexibility index (Phi) is 8.11. The second-order valence-corrected chi connectivity index (χ2v) is 4.86. The van der Waals surface area contributed by atoms with Crippen molar-refractivity contribution in [2.24, 2.45) is 0 Å². The highest BCUT2D eigenvalue weighted by Gasteiger charge is 2.15. The number of hydrogen-bond donors (Lipinski definition) is 2. The highest BCUT2D eigenvalue weighted by molar-refractivity contribution is 5.69. The molecule has 0 atom stereocenters. The van der Waals surface area contributed by atoms with Crippen LogP contribution >= 0.6 is 0 Å². The molecule has 0 saturated heterocycles. The van der Waals surface area contributed by atoms with Gasteiger partial charge in [-0.15, -0.1) is 0 Å². The number of rotatable bonds is 7. The van der Waals surface area contributed by atoms with Crippen molar-refractivity contribution < 1.29 is 19.1 Å². The molecule has 6 heteroatoms. The van der Waals surface area contributed by atoms with Crippen molar-refractivity contribution in [3.05, 3.63) is 0 Å². The average molecular weight is 260 g/mol. The number of esters is 1.